The van der Waals surface area contributed by atoms with Gasteiger partial charge >= 0.3 is 0 Å². The summed E-state index contributed by atoms with van der Waals surface area (Å²) in [5.41, 5.74) is 1.02. The number of carbonyl (C=O) groups excluding carboxylic acids is 2. The molecule has 0 unspecified atom stereocenters. The first-order valence-electron chi connectivity index (χ1n) is 8.05. The molecular weight excluding hydrogens is 314 g/mol. The highest BCUT2D eigenvalue weighted by Crippen LogP contribution is 2.25. The Morgan fingerprint density at radius 1 is 1.35 bits per heavy atom. The minimum atomic E-state index is -0.402. The van der Waals surface area contributed by atoms with Crippen molar-refractivity contribution < 1.29 is 9.59 Å². The van der Waals surface area contributed by atoms with Crippen LogP contribution < -0.4 is 10.6 Å². The lowest BCUT2D eigenvalue weighted by atomic mass is 9.98. The van der Waals surface area contributed by atoms with E-state index in [4.69, 9.17) is 11.6 Å². The van der Waals surface area contributed by atoms with Crippen molar-refractivity contribution in [3.8, 4) is 0 Å². The maximum Gasteiger partial charge on any atom is 0.246 e. The van der Waals surface area contributed by atoms with Crippen LogP contribution in [-0.4, -0.2) is 41.4 Å². The number of hydrogen-bond donors (Lipinski definition) is 2. The summed E-state index contributed by atoms with van der Waals surface area (Å²) >= 11 is 6.16. The summed E-state index contributed by atoms with van der Waals surface area (Å²) in [4.78, 5) is 26.5. The highest BCUT2D eigenvalue weighted by molar-refractivity contribution is 6.31. The van der Waals surface area contributed by atoms with Crippen molar-refractivity contribution in [1.29, 1.82) is 0 Å². The van der Waals surface area contributed by atoms with Gasteiger partial charge in [0.25, 0.3) is 0 Å². The predicted molar refractivity (Wildman–Crippen MR) is 89.0 cm³/mol. The predicted octanol–water partition coefficient (Wildman–Crippen LogP) is 1.55. The number of benzene rings is 1. The van der Waals surface area contributed by atoms with Gasteiger partial charge in [0.05, 0.1) is 0 Å². The number of amides is 2. The average molecular weight is 336 g/mol. The lowest BCUT2D eigenvalue weighted by Gasteiger charge is -2.36. The van der Waals surface area contributed by atoms with Crippen molar-refractivity contribution in [3.05, 3.63) is 34.9 Å². The SMILES string of the molecule is CC(C)[C@@H]1NC(=O)[C@@H]2C[C@H](NCc3ccccc3Cl)CN2C1=O. The van der Waals surface area contributed by atoms with Crippen LogP contribution in [0.2, 0.25) is 5.02 Å². The fourth-order valence-corrected chi connectivity index (χ4v) is 3.52. The molecule has 0 radical (unpaired) electrons. The van der Waals surface area contributed by atoms with E-state index in [1.165, 1.54) is 0 Å². The van der Waals surface area contributed by atoms with Gasteiger partial charge in [0.15, 0.2) is 0 Å². The van der Waals surface area contributed by atoms with E-state index in [2.05, 4.69) is 10.6 Å². The molecule has 2 fully saturated rings. The zero-order valence-corrected chi connectivity index (χ0v) is 14.1. The molecule has 2 amide bonds. The number of fused-ring (bicyclic) bond motifs is 1. The second kappa shape index (κ2) is 6.49. The Bertz CT molecular complexity index is 620. The molecule has 2 heterocycles. The highest BCUT2D eigenvalue weighted by Gasteiger charge is 2.46. The molecule has 0 saturated carbocycles. The number of carbonyl (C=O) groups is 2. The molecule has 0 aliphatic carbocycles. The third kappa shape index (κ3) is 3.21. The van der Waals surface area contributed by atoms with Crippen molar-refractivity contribution in [2.75, 3.05) is 6.54 Å². The number of halogens is 1. The van der Waals surface area contributed by atoms with Crippen molar-refractivity contribution in [2.24, 2.45) is 5.92 Å². The quantitative estimate of drug-likeness (QED) is 0.877. The molecule has 5 nitrogen and oxygen atoms in total. The van der Waals surface area contributed by atoms with E-state index in [-0.39, 0.29) is 29.8 Å². The van der Waals surface area contributed by atoms with Gasteiger partial charge in [-0.2, -0.15) is 0 Å². The number of rotatable bonds is 4. The maximum absolute atomic E-state index is 12.5. The lowest BCUT2D eigenvalue weighted by molar-refractivity contribution is -0.148. The molecular formula is C17H22ClN3O2. The largest absolute Gasteiger partial charge is 0.342 e. The van der Waals surface area contributed by atoms with E-state index in [1.54, 1.807) is 4.90 Å². The molecule has 0 spiro atoms. The van der Waals surface area contributed by atoms with Gasteiger partial charge in [-0.15, -0.1) is 0 Å². The lowest BCUT2D eigenvalue weighted by Crippen LogP contribution is -2.62. The second-order valence-electron chi connectivity index (χ2n) is 6.64. The Labute approximate surface area is 141 Å². The smallest absolute Gasteiger partial charge is 0.246 e. The third-order valence-corrected chi connectivity index (χ3v) is 5.03. The number of nitrogens with zero attached hydrogens (tertiary/aromatic N) is 1. The molecule has 1 aromatic carbocycles. The van der Waals surface area contributed by atoms with Crippen LogP contribution in [0.1, 0.15) is 25.8 Å². The van der Waals surface area contributed by atoms with Gasteiger partial charge in [0, 0.05) is 24.2 Å². The topological polar surface area (TPSA) is 61.4 Å². The van der Waals surface area contributed by atoms with Gasteiger partial charge in [-0.05, 0) is 24.0 Å². The summed E-state index contributed by atoms with van der Waals surface area (Å²) < 4.78 is 0. The van der Waals surface area contributed by atoms with Gasteiger partial charge in [0.1, 0.15) is 12.1 Å². The van der Waals surface area contributed by atoms with Gasteiger partial charge in [-0.25, -0.2) is 0 Å². The average Bonchev–Trinajstić information content (AvgIpc) is 2.95. The molecule has 0 bridgehead atoms. The standard InChI is InChI=1S/C17H22ClN3O2/c1-10(2)15-17(23)21-9-12(7-14(21)16(22)20-15)19-8-11-5-3-4-6-13(11)18/h3-6,10,12,14-15,19H,7-9H2,1-2H3,(H,20,22)/t12-,14-,15-/m0/s1. The fraction of sp³-hybridized carbons (Fsp3) is 0.529. The van der Waals surface area contributed by atoms with Crippen LogP contribution in [0.4, 0.5) is 0 Å². The van der Waals surface area contributed by atoms with Gasteiger partial charge in [-0.1, -0.05) is 43.6 Å². The zero-order valence-electron chi connectivity index (χ0n) is 13.4. The summed E-state index contributed by atoms with van der Waals surface area (Å²) in [5.74, 6) is 0.0968. The molecule has 3 rings (SSSR count). The van der Waals surface area contributed by atoms with Crippen LogP contribution in [-0.2, 0) is 16.1 Å². The summed E-state index contributed by atoms with van der Waals surface area (Å²) in [6.45, 7) is 5.11. The Hall–Kier alpha value is -1.59. The Kier molecular flexibility index (Phi) is 4.60. The summed E-state index contributed by atoms with van der Waals surface area (Å²) in [6, 6.07) is 7.05. The van der Waals surface area contributed by atoms with E-state index >= 15 is 0 Å². The molecule has 2 aliphatic rings. The monoisotopic (exact) mass is 335 g/mol. The second-order valence-corrected chi connectivity index (χ2v) is 7.05. The first-order chi connectivity index (χ1) is 11.0. The zero-order chi connectivity index (χ0) is 16.6. The minimum absolute atomic E-state index is 0.0339. The first-order valence-corrected chi connectivity index (χ1v) is 8.43. The minimum Gasteiger partial charge on any atom is -0.342 e. The molecule has 124 valence electrons. The summed E-state index contributed by atoms with van der Waals surface area (Å²) in [7, 11) is 0. The van der Waals surface area contributed by atoms with Crippen LogP contribution in [0.15, 0.2) is 24.3 Å². The Morgan fingerprint density at radius 2 is 2.09 bits per heavy atom. The fourth-order valence-electron chi connectivity index (χ4n) is 3.31. The Balaban J connectivity index is 1.64. The molecule has 1 aromatic rings. The molecule has 0 aromatic heterocycles. The number of hydrogen-bond acceptors (Lipinski definition) is 3. The molecule has 2 N–H and O–H groups in total. The van der Waals surface area contributed by atoms with Crippen LogP contribution in [0, 0.1) is 5.92 Å². The van der Waals surface area contributed by atoms with Gasteiger partial charge in [0.2, 0.25) is 11.8 Å². The molecule has 3 atom stereocenters. The first kappa shape index (κ1) is 16.3. The summed E-state index contributed by atoms with van der Waals surface area (Å²) in [5, 5.41) is 7.01. The molecule has 23 heavy (non-hydrogen) atoms. The molecule has 2 aliphatic heterocycles. The van der Waals surface area contributed by atoms with E-state index in [9.17, 15) is 9.59 Å². The summed E-state index contributed by atoms with van der Waals surface area (Å²) in [6.07, 6.45) is 0.646. The van der Waals surface area contributed by atoms with Gasteiger partial charge in [-0.3, -0.25) is 9.59 Å². The van der Waals surface area contributed by atoms with E-state index in [0.717, 1.165) is 10.6 Å². The molecule has 6 heteroatoms. The van der Waals surface area contributed by atoms with Crippen molar-refractivity contribution in [2.45, 2.75) is 44.9 Å². The maximum atomic E-state index is 12.5. The van der Waals surface area contributed by atoms with Gasteiger partial charge < -0.3 is 15.5 Å². The van der Waals surface area contributed by atoms with Crippen molar-refractivity contribution in [3.63, 3.8) is 0 Å². The van der Waals surface area contributed by atoms with Crippen molar-refractivity contribution in [1.82, 2.24) is 15.5 Å². The van der Waals surface area contributed by atoms with E-state index in [0.29, 0.717) is 19.5 Å². The number of nitrogens with one attached hydrogen (secondary N) is 2. The van der Waals surface area contributed by atoms with Crippen LogP contribution >= 0.6 is 11.6 Å². The number of piperazine rings is 1. The van der Waals surface area contributed by atoms with Crippen molar-refractivity contribution >= 4 is 23.4 Å². The van der Waals surface area contributed by atoms with E-state index in [1.807, 2.05) is 38.1 Å². The van der Waals surface area contributed by atoms with Crippen LogP contribution in [0.3, 0.4) is 0 Å². The van der Waals surface area contributed by atoms with Crippen LogP contribution in [0.25, 0.3) is 0 Å². The highest BCUT2D eigenvalue weighted by atomic mass is 35.5. The Morgan fingerprint density at radius 3 is 2.78 bits per heavy atom. The normalized spacial score (nSPS) is 27.3. The van der Waals surface area contributed by atoms with E-state index < -0.39 is 6.04 Å². The molecule has 2 saturated heterocycles. The van der Waals surface area contributed by atoms with Crippen LogP contribution in [0.5, 0.6) is 0 Å². The third-order valence-electron chi connectivity index (χ3n) is 4.66.